The van der Waals surface area contributed by atoms with Crippen molar-refractivity contribution in [1.82, 2.24) is 0 Å². The Morgan fingerprint density at radius 3 is 1.96 bits per heavy atom. The summed E-state index contributed by atoms with van der Waals surface area (Å²) in [5.41, 5.74) is -0.457. The first-order valence-corrected chi connectivity index (χ1v) is 7.71. The fraction of sp³-hybridized carbons (Fsp3) is 0.333. The summed E-state index contributed by atoms with van der Waals surface area (Å²) in [6.07, 6.45) is 0. The Labute approximate surface area is 139 Å². The second kappa shape index (κ2) is 5.64. The lowest BCUT2D eigenvalue weighted by molar-refractivity contribution is 0.00578. The molecule has 0 atom stereocenters. The van der Waals surface area contributed by atoms with Gasteiger partial charge in [-0.1, -0.05) is 12.1 Å². The van der Waals surface area contributed by atoms with Crippen LogP contribution in [-0.4, -0.2) is 18.3 Å². The molecule has 2 aromatic rings. The van der Waals surface area contributed by atoms with Gasteiger partial charge < -0.3 is 9.31 Å². The van der Waals surface area contributed by atoms with Crippen LogP contribution in [-0.2, 0) is 9.31 Å². The van der Waals surface area contributed by atoms with Crippen LogP contribution in [0.3, 0.4) is 0 Å². The van der Waals surface area contributed by atoms with Gasteiger partial charge >= 0.3 is 7.12 Å². The molecule has 0 spiro atoms. The van der Waals surface area contributed by atoms with E-state index in [1.165, 1.54) is 18.2 Å². The molecule has 24 heavy (non-hydrogen) atoms. The zero-order chi connectivity index (χ0) is 17.7. The number of halogens is 3. The van der Waals surface area contributed by atoms with E-state index in [4.69, 9.17) is 9.31 Å². The molecular formula is C18H18BF3O2. The highest BCUT2D eigenvalue weighted by atomic mass is 19.1. The first-order valence-electron chi connectivity index (χ1n) is 7.71. The van der Waals surface area contributed by atoms with Crippen LogP contribution in [0.2, 0.25) is 0 Å². The van der Waals surface area contributed by atoms with Crippen molar-refractivity contribution in [2.24, 2.45) is 0 Å². The maximum atomic E-state index is 14.2. The summed E-state index contributed by atoms with van der Waals surface area (Å²) in [6, 6.07) is 7.31. The van der Waals surface area contributed by atoms with Crippen LogP contribution in [0.25, 0.3) is 11.1 Å². The van der Waals surface area contributed by atoms with Gasteiger partial charge in [0.2, 0.25) is 0 Å². The van der Waals surface area contributed by atoms with Gasteiger partial charge in [0.15, 0.2) is 0 Å². The molecule has 1 saturated heterocycles. The van der Waals surface area contributed by atoms with Gasteiger partial charge in [-0.05, 0) is 51.4 Å². The third kappa shape index (κ3) is 2.85. The van der Waals surface area contributed by atoms with E-state index >= 15 is 0 Å². The molecule has 2 aromatic carbocycles. The summed E-state index contributed by atoms with van der Waals surface area (Å²) < 4.78 is 53.1. The van der Waals surface area contributed by atoms with Crippen molar-refractivity contribution in [3.05, 3.63) is 53.8 Å². The molecule has 1 fully saturated rings. The van der Waals surface area contributed by atoms with Crippen molar-refractivity contribution in [3.8, 4) is 11.1 Å². The summed E-state index contributed by atoms with van der Waals surface area (Å²) in [5, 5.41) is 0. The van der Waals surface area contributed by atoms with Crippen molar-refractivity contribution in [2.45, 2.75) is 38.9 Å². The van der Waals surface area contributed by atoms with Crippen molar-refractivity contribution >= 4 is 12.6 Å². The average molecular weight is 334 g/mol. The standard InChI is InChI=1S/C18H18BF3O2/c1-17(2)18(3,4)24-19(23-17)11-5-8-15(21)14(9-11)13-7-6-12(20)10-16(13)22/h5-10H,1-4H3. The molecule has 126 valence electrons. The first kappa shape index (κ1) is 17.1. The van der Waals surface area contributed by atoms with E-state index in [9.17, 15) is 13.2 Å². The molecule has 1 aliphatic heterocycles. The summed E-state index contributed by atoms with van der Waals surface area (Å²) >= 11 is 0. The molecule has 0 aromatic heterocycles. The monoisotopic (exact) mass is 334 g/mol. The zero-order valence-corrected chi connectivity index (χ0v) is 14.0. The third-order valence-electron chi connectivity index (χ3n) is 4.74. The molecule has 0 N–H and O–H groups in total. The number of hydrogen-bond donors (Lipinski definition) is 0. The van der Waals surface area contributed by atoms with Crippen molar-refractivity contribution in [3.63, 3.8) is 0 Å². The molecule has 0 aliphatic carbocycles. The summed E-state index contributed by atoms with van der Waals surface area (Å²) in [5.74, 6) is -2.13. The summed E-state index contributed by atoms with van der Waals surface area (Å²) in [7, 11) is -0.683. The molecule has 1 aliphatic rings. The minimum Gasteiger partial charge on any atom is -0.399 e. The van der Waals surface area contributed by atoms with Crippen LogP contribution in [0.15, 0.2) is 36.4 Å². The van der Waals surface area contributed by atoms with Crippen molar-refractivity contribution in [1.29, 1.82) is 0 Å². The molecule has 1 heterocycles. The molecule has 0 radical (unpaired) electrons. The highest BCUT2D eigenvalue weighted by Crippen LogP contribution is 2.37. The highest BCUT2D eigenvalue weighted by Gasteiger charge is 2.51. The van der Waals surface area contributed by atoms with E-state index in [0.29, 0.717) is 5.46 Å². The Kier molecular flexibility index (Phi) is 4.01. The predicted octanol–water partition coefficient (Wildman–Crippen LogP) is 4.07. The Morgan fingerprint density at radius 2 is 1.38 bits per heavy atom. The van der Waals surface area contributed by atoms with Crippen LogP contribution >= 0.6 is 0 Å². The molecular weight excluding hydrogens is 316 g/mol. The topological polar surface area (TPSA) is 18.5 Å². The van der Waals surface area contributed by atoms with Crippen LogP contribution in [0, 0.1) is 17.5 Å². The van der Waals surface area contributed by atoms with E-state index in [-0.39, 0.29) is 11.1 Å². The van der Waals surface area contributed by atoms with Crippen LogP contribution in [0.5, 0.6) is 0 Å². The van der Waals surface area contributed by atoms with Gasteiger partial charge in [0.1, 0.15) is 17.5 Å². The lowest BCUT2D eigenvalue weighted by atomic mass is 9.78. The fourth-order valence-electron chi connectivity index (χ4n) is 2.58. The van der Waals surface area contributed by atoms with E-state index in [1.807, 2.05) is 27.7 Å². The molecule has 0 amide bonds. The third-order valence-corrected chi connectivity index (χ3v) is 4.74. The molecule has 0 saturated carbocycles. The van der Waals surface area contributed by atoms with E-state index < -0.39 is 35.8 Å². The van der Waals surface area contributed by atoms with Crippen molar-refractivity contribution < 1.29 is 22.5 Å². The SMILES string of the molecule is CC1(C)OB(c2ccc(F)c(-c3ccc(F)cc3F)c2)OC1(C)C. The van der Waals surface area contributed by atoms with Gasteiger partial charge in [0.25, 0.3) is 0 Å². The maximum absolute atomic E-state index is 14.2. The zero-order valence-electron chi connectivity index (χ0n) is 14.0. The molecule has 2 nitrogen and oxygen atoms in total. The average Bonchev–Trinajstić information content (AvgIpc) is 2.68. The Balaban J connectivity index is 2.02. The smallest absolute Gasteiger partial charge is 0.399 e. The van der Waals surface area contributed by atoms with Crippen LogP contribution < -0.4 is 5.46 Å². The number of hydrogen-bond acceptors (Lipinski definition) is 2. The summed E-state index contributed by atoms with van der Waals surface area (Å²) in [4.78, 5) is 0. The van der Waals surface area contributed by atoms with E-state index in [0.717, 1.165) is 12.1 Å². The lowest BCUT2D eigenvalue weighted by Gasteiger charge is -2.32. The Morgan fingerprint density at radius 1 is 0.750 bits per heavy atom. The number of benzene rings is 2. The van der Waals surface area contributed by atoms with Gasteiger partial charge in [-0.15, -0.1) is 0 Å². The quantitative estimate of drug-likeness (QED) is 0.771. The van der Waals surface area contributed by atoms with Crippen LogP contribution in [0.4, 0.5) is 13.2 Å². The maximum Gasteiger partial charge on any atom is 0.494 e. The van der Waals surface area contributed by atoms with Crippen LogP contribution in [0.1, 0.15) is 27.7 Å². The second-order valence-electron chi connectivity index (χ2n) is 6.95. The molecule has 6 heteroatoms. The van der Waals surface area contributed by atoms with Gasteiger partial charge in [-0.2, -0.15) is 0 Å². The van der Waals surface area contributed by atoms with Gasteiger partial charge in [0, 0.05) is 17.2 Å². The first-order chi connectivity index (χ1) is 11.1. The molecule has 3 rings (SSSR count). The minimum absolute atomic E-state index is 0.00716. The Bertz CT molecular complexity index is 774. The molecule has 0 bridgehead atoms. The van der Waals surface area contributed by atoms with Gasteiger partial charge in [-0.25, -0.2) is 13.2 Å². The van der Waals surface area contributed by atoms with E-state index in [2.05, 4.69) is 0 Å². The number of rotatable bonds is 2. The Hall–Kier alpha value is -1.79. The van der Waals surface area contributed by atoms with Crippen molar-refractivity contribution in [2.75, 3.05) is 0 Å². The summed E-state index contributed by atoms with van der Waals surface area (Å²) in [6.45, 7) is 7.66. The largest absolute Gasteiger partial charge is 0.494 e. The normalized spacial score (nSPS) is 18.9. The van der Waals surface area contributed by atoms with Gasteiger partial charge in [-0.3, -0.25) is 0 Å². The molecule has 0 unspecified atom stereocenters. The highest BCUT2D eigenvalue weighted by molar-refractivity contribution is 6.62. The second-order valence-corrected chi connectivity index (χ2v) is 6.95. The lowest BCUT2D eigenvalue weighted by Crippen LogP contribution is -2.41. The predicted molar refractivity (Wildman–Crippen MR) is 87.5 cm³/mol. The minimum atomic E-state index is -0.819. The fourth-order valence-corrected chi connectivity index (χ4v) is 2.58. The van der Waals surface area contributed by atoms with E-state index in [1.54, 1.807) is 6.07 Å². The van der Waals surface area contributed by atoms with Gasteiger partial charge in [0.05, 0.1) is 11.2 Å².